The van der Waals surface area contributed by atoms with Crippen molar-refractivity contribution in [2.75, 3.05) is 19.7 Å². The second kappa shape index (κ2) is 8.53. The van der Waals surface area contributed by atoms with E-state index in [-0.39, 0.29) is 10.6 Å². The predicted molar refractivity (Wildman–Crippen MR) is 111 cm³/mol. The van der Waals surface area contributed by atoms with E-state index in [1.54, 1.807) is 0 Å². The largest absolute Gasteiger partial charge is 0.416 e. The van der Waals surface area contributed by atoms with Crippen LogP contribution in [0.3, 0.4) is 0 Å². The van der Waals surface area contributed by atoms with E-state index in [4.69, 9.17) is 18.2 Å². The van der Waals surface area contributed by atoms with Crippen LogP contribution in [-0.2, 0) is 26.0 Å². The number of alkyl halides is 3. The third-order valence-corrected chi connectivity index (χ3v) is 9.80. The molecule has 14 heteroatoms. The van der Waals surface area contributed by atoms with Gasteiger partial charge in [0.25, 0.3) is 0 Å². The molecule has 2 N–H and O–H groups in total. The summed E-state index contributed by atoms with van der Waals surface area (Å²) in [4.78, 5) is 2.12. The number of sulfone groups is 1. The molecule has 1 fully saturated rings. The van der Waals surface area contributed by atoms with Crippen molar-refractivity contribution in [3.05, 3.63) is 64.5 Å². The molecule has 178 valence electrons. The number of hydrogen-bond acceptors (Lipinski definition) is 6. The van der Waals surface area contributed by atoms with E-state index in [1.807, 2.05) is 0 Å². The van der Waals surface area contributed by atoms with Gasteiger partial charge in [0.15, 0.2) is 15.5 Å². The molecule has 0 saturated carbocycles. The van der Waals surface area contributed by atoms with Crippen LogP contribution >= 0.6 is 11.6 Å². The molecular formula is C19H16ClF3N2O6S2. The molecule has 0 bridgehead atoms. The summed E-state index contributed by atoms with van der Waals surface area (Å²) in [6, 6.07) is 6.26. The lowest BCUT2D eigenvalue weighted by Gasteiger charge is -2.26. The maximum Gasteiger partial charge on any atom is 0.416 e. The van der Waals surface area contributed by atoms with E-state index in [1.165, 1.54) is 12.1 Å². The van der Waals surface area contributed by atoms with E-state index in [2.05, 4.69) is 4.85 Å². The molecule has 2 aromatic carbocycles. The third-order valence-electron chi connectivity index (χ3n) is 5.24. The van der Waals surface area contributed by atoms with Crippen molar-refractivity contribution in [3.8, 4) is 0 Å². The molecule has 0 aliphatic carbocycles. The Hall–Kier alpha value is -2.21. The minimum Gasteiger partial charge on any atom is -0.393 e. The van der Waals surface area contributed by atoms with Crippen LogP contribution in [0.25, 0.3) is 4.85 Å². The van der Waals surface area contributed by atoms with Gasteiger partial charge in [-0.25, -0.2) is 21.7 Å². The number of nitrogens with zero attached hydrogens (tertiary/aromatic N) is 2. The smallest absolute Gasteiger partial charge is 0.393 e. The van der Waals surface area contributed by atoms with Crippen LogP contribution in [0, 0.1) is 6.57 Å². The van der Waals surface area contributed by atoms with Crippen LogP contribution in [0.5, 0.6) is 0 Å². The van der Waals surface area contributed by atoms with Crippen LogP contribution in [-0.4, -0.2) is 61.9 Å². The summed E-state index contributed by atoms with van der Waals surface area (Å²) in [5, 5.41) is 18.0. The zero-order chi connectivity index (χ0) is 24.8. The van der Waals surface area contributed by atoms with Gasteiger partial charge in [0.05, 0.1) is 28.7 Å². The number of sulfonamides is 1. The van der Waals surface area contributed by atoms with Crippen molar-refractivity contribution < 1.29 is 40.2 Å². The molecule has 1 aliphatic rings. The normalized spacial score (nSPS) is 22.3. The minimum atomic E-state index is -4.77. The lowest BCUT2D eigenvalue weighted by molar-refractivity contribution is -0.137. The number of aliphatic hydroxyl groups excluding tert-OH is 1. The molecule has 2 atom stereocenters. The van der Waals surface area contributed by atoms with Gasteiger partial charge in [0.1, 0.15) is 15.7 Å². The molecule has 3 rings (SSSR count). The predicted octanol–water partition coefficient (Wildman–Crippen LogP) is 2.48. The minimum absolute atomic E-state index is 0.152. The van der Waals surface area contributed by atoms with Crippen molar-refractivity contribution in [3.63, 3.8) is 0 Å². The maximum atomic E-state index is 13.1. The lowest BCUT2D eigenvalue weighted by atomic mass is 10.1. The molecule has 33 heavy (non-hydrogen) atoms. The third kappa shape index (κ3) is 4.59. The van der Waals surface area contributed by atoms with Crippen molar-refractivity contribution in [1.82, 2.24) is 4.31 Å². The summed E-state index contributed by atoms with van der Waals surface area (Å²) in [5.41, 5.74) is -3.43. The Morgan fingerprint density at radius 1 is 1.15 bits per heavy atom. The van der Waals surface area contributed by atoms with Gasteiger partial charge in [-0.15, -0.1) is 0 Å². The fourth-order valence-electron chi connectivity index (χ4n) is 3.45. The molecule has 0 aromatic heterocycles. The number of β-amino-alcohol motifs (C(OH)–C–C–N with tert-alkyl or cyclic N) is 1. The summed E-state index contributed by atoms with van der Waals surface area (Å²) in [5.74, 6) is 0. The number of halogens is 4. The summed E-state index contributed by atoms with van der Waals surface area (Å²) in [6.07, 6.45) is -4.77. The highest BCUT2D eigenvalue weighted by molar-refractivity contribution is 7.92. The monoisotopic (exact) mass is 524 g/mol. The highest BCUT2D eigenvalue weighted by atomic mass is 35.5. The lowest BCUT2D eigenvalue weighted by Crippen LogP contribution is -2.49. The Morgan fingerprint density at radius 3 is 2.24 bits per heavy atom. The average Bonchev–Trinajstić information content (AvgIpc) is 3.12. The highest BCUT2D eigenvalue weighted by Gasteiger charge is 2.55. The Bertz CT molecular complexity index is 1320. The molecule has 1 saturated heterocycles. The van der Waals surface area contributed by atoms with Crippen molar-refractivity contribution >= 4 is 37.1 Å². The van der Waals surface area contributed by atoms with Crippen LogP contribution in [0.15, 0.2) is 52.3 Å². The van der Waals surface area contributed by atoms with Gasteiger partial charge in [-0.3, -0.25) is 0 Å². The molecule has 0 amide bonds. The summed E-state index contributed by atoms with van der Waals surface area (Å²) in [7, 11) is -9.04. The van der Waals surface area contributed by atoms with Crippen molar-refractivity contribution in [1.29, 1.82) is 0 Å². The molecule has 8 nitrogen and oxygen atoms in total. The molecule has 1 aliphatic heterocycles. The van der Waals surface area contributed by atoms with Gasteiger partial charge >= 0.3 is 6.18 Å². The average molecular weight is 525 g/mol. The Morgan fingerprint density at radius 2 is 1.76 bits per heavy atom. The number of hydrogen-bond donors (Lipinski definition) is 2. The van der Waals surface area contributed by atoms with Crippen molar-refractivity contribution in [2.45, 2.75) is 26.8 Å². The second-order valence-electron chi connectivity index (χ2n) is 7.34. The highest BCUT2D eigenvalue weighted by Crippen LogP contribution is 2.38. The number of benzene rings is 2. The molecule has 1 heterocycles. The summed E-state index contributed by atoms with van der Waals surface area (Å²) in [6.45, 7) is 4.19. The van der Waals surface area contributed by atoms with Crippen LogP contribution in [0.1, 0.15) is 5.56 Å². The van der Waals surface area contributed by atoms with E-state index in [0.717, 1.165) is 12.1 Å². The SMILES string of the molecule is [C-]#[N+]c1ccc(S(=O)(=O)[C@H]2CN(S(=O)(=O)c3ccc(C(F)(F)F)cc3Cl)C[C@@]2(O)CO)cc1. The van der Waals surface area contributed by atoms with Gasteiger partial charge in [0.2, 0.25) is 10.0 Å². The molecule has 0 spiro atoms. The quantitative estimate of drug-likeness (QED) is 0.581. The second-order valence-corrected chi connectivity index (χ2v) is 11.8. The van der Waals surface area contributed by atoms with Crippen LogP contribution < -0.4 is 0 Å². The van der Waals surface area contributed by atoms with Gasteiger partial charge in [-0.2, -0.15) is 17.5 Å². The first kappa shape index (κ1) is 25.4. The van der Waals surface area contributed by atoms with Crippen LogP contribution in [0.2, 0.25) is 5.02 Å². The first-order valence-corrected chi connectivity index (χ1v) is 12.4. The zero-order valence-electron chi connectivity index (χ0n) is 16.5. The number of aliphatic hydroxyl groups is 2. The molecule has 0 unspecified atom stereocenters. The first-order valence-electron chi connectivity index (χ1n) is 9.08. The summed E-state index contributed by atoms with van der Waals surface area (Å²) >= 11 is 5.79. The van der Waals surface area contributed by atoms with Crippen LogP contribution in [0.4, 0.5) is 18.9 Å². The first-order chi connectivity index (χ1) is 15.2. The van der Waals surface area contributed by atoms with E-state index in [9.17, 15) is 40.2 Å². The van der Waals surface area contributed by atoms with E-state index >= 15 is 0 Å². The van der Waals surface area contributed by atoms with Gasteiger partial charge in [-0.1, -0.05) is 35.9 Å². The summed E-state index contributed by atoms with van der Waals surface area (Å²) < 4.78 is 91.5. The topological polar surface area (TPSA) is 116 Å². The molecule has 0 radical (unpaired) electrons. The standard InChI is InChI=1S/C19H16ClF3N2O6S2/c1-24-13-3-5-14(6-4-13)32(28,29)17-9-25(10-18(17,27)11-26)33(30,31)16-7-2-12(8-15(16)20)19(21,22)23/h2-8,17,26-27H,9-11H2/t17-,18+/m0/s1. The van der Waals surface area contributed by atoms with Gasteiger partial charge in [0, 0.05) is 13.1 Å². The van der Waals surface area contributed by atoms with E-state index < -0.39 is 72.1 Å². The van der Waals surface area contributed by atoms with Gasteiger partial charge < -0.3 is 10.2 Å². The Kier molecular flexibility index (Phi) is 6.57. The Labute approximate surface area is 192 Å². The molecule has 2 aromatic rings. The van der Waals surface area contributed by atoms with Gasteiger partial charge in [-0.05, 0) is 18.2 Å². The fourth-order valence-corrected chi connectivity index (χ4v) is 7.53. The Balaban J connectivity index is 2.01. The van der Waals surface area contributed by atoms with Crippen molar-refractivity contribution in [2.24, 2.45) is 0 Å². The van der Waals surface area contributed by atoms with E-state index in [0.29, 0.717) is 22.5 Å². The molecular weight excluding hydrogens is 509 g/mol. The fraction of sp³-hybridized carbons (Fsp3) is 0.316. The maximum absolute atomic E-state index is 13.1. The number of rotatable bonds is 5. The zero-order valence-corrected chi connectivity index (χ0v) is 18.9.